The Bertz CT molecular complexity index is 550. The summed E-state index contributed by atoms with van der Waals surface area (Å²) in [5, 5.41) is 2.78. The normalized spacial score (nSPS) is 13.3. The first-order valence-electron chi connectivity index (χ1n) is 5.64. The summed E-state index contributed by atoms with van der Waals surface area (Å²) in [5.41, 5.74) is 4.67. The zero-order chi connectivity index (χ0) is 14.0. The van der Waals surface area contributed by atoms with E-state index in [1.54, 1.807) is 19.1 Å². The van der Waals surface area contributed by atoms with E-state index >= 15 is 0 Å². The topological polar surface area (TPSA) is 51.2 Å². The summed E-state index contributed by atoms with van der Waals surface area (Å²) in [6, 6.07) is 6.66. The molecule has 0 radical (unpaired) electrons. The Hall–Kier alpha value is -2.11. The van der Waals surface area contributed by atoms with Gasteiger partial charge in [0.1, 0.15) is 5.76 Å². The van der Waals surface area contributed by atoms with Gasteiger partial charge in [0.2, 0.25) is 0 Å². The van der Waals surface area contributed by atoms with Crippen LogP contribution in [-0.2, 0) is 6.18 Å². The molecule has 0 bridgehead atoms. The molecule has 1 atom stereocenters. The van der Waals surface area contributed by atoms with Crippen LogP contribution < -0.4 is 11.1 Å². The average Bonchev–Trinajstić information content (AvgIpc) is 2.83. The monoisotopic (exact) mass is 270 g/mol. The van der Waals surface area contributed by atoms with Crippen LogP contribution in [0.25, 0.3) is 0 Å². The number of hydrogen-bond acceptors (Lipinski definition) is 3. The van der Waals surface area contributed by atoms with Crippen molar-refractivity contribution in [3.63, 3.8) is 0 Å². The molecular weight excluding hydrogens is 257 g/mol. The van der Waals surface area contributed by atoms with Crippen molar-refractivity contribution in [1.82, 2.24) is 0 Å². The van der Waals surface area contributed by atoms with Crippen molar-refractivity contribution in [2.75, 3.05) is 11.1 Å². The van der Waals surface area contributed by atoms with E-state index in [9.17, 15) is 13.2 Å². The number of nitrogens with one attached hydrogen (secondary N) is 1. The molecule has 0 aliphatic rings. The summed E-state index contributed by atoms with van der Waals surface area (Å²) in [6.07, 6.45) is -2.98. The summed E-state index contributed by atoms with van der Waals surface area (Å²) in [4.78, 5) is 0. The van der Waals surface area contributed by atoms with Gasteiger partial charge in [0.05, 0.1) is 17.9 Å². The molecular formula is C13H13F3N2O. The van der Waals surface area contributed by atoms with E-state index in [4.69, 9.17) is 10.2 Å². The minimum atomic E-state index is -4.46. The number of rotatable bonds is 3. The SMILES string of the molecule is CC(Nc1ccc(N)cc1C(F)(F)F)c1ccco1. The van der Waals surface area contributed by atoms with Crippen LogP contribution in [0.2, 0.25) is 0 Å². The largest absolute Gasteiger partial charge is 0.467 e. The summed E-state index contributed by atoms with van der Waals surface area (Å²) >= 11 is 0. The quantitative estimate of drug-likeness (QED) is 0.827. The maximum Gasteiger partial charge on any atom is 0.418 e. The van der Waals surface area contributed by atoms with Crippen LogP contribution in [-0.4, -0.2) is 0 Å². The third-order valence-corrected chi connectivity index (χ3v) is 2.69. The number of nitrogen functional groups attached to an aromatic ring is 1. The molecule has 1 aromatic heterocycles. The molecule has 19 heavy (non-hydrogen) atoms. The summed E-state index contributed by atoms with van der Waals surface area (Å²) in [5.74, 6) is 0.560. The van der Waals surface area contributed by atoms with Crippen molar-refractivity contribution in [3.05, 3.63) is 47.9 Å². The summed E-state index contributed by atoms with van der Waals surface area (Å²) in [7, 11) is 0. The van der Waals surface area contributed by atoms with Crippen LogP contribution in [0.5, 0.6) is 0 Å². The van der Waals surface area contributed by atoms with Crippen molar-refractivity contribution in [2.45, 2.75) is 19.1 Å². The van der Waals surface area contributed by atoms with Gasteiger partial charge >= 0.3 is 6.18 Å². The van der Waals surface area contributed by atoms with Crippen LogP contribution in [0, 0.1) is 0 Å². The molecule has 6 heteroatoms. The Morgan fingerprint density at radius 1 is 1.26 bits per heavy atom. The van der Waals surface area contributed by atoms with Crippen molar-refractivity contribution >= 4 is 11.4 Å². The molecule has 0 amide bonds. The second kappa shape index (κ2) is 4.87. The summed E-state index contributed by atoms with van der Waals surface area (Å²) < 4.78 is 43.9. The third kappa shape index (κ3) is 3.01. The first-order chi connectivity index (χ1) is 8.88. The van der Waals surface area contributed by atoms with Crippen LogP contribution in [0.4, 0.5) is 24.5 Å². The lowest BCUT2D eigenvalue weighted by Gasteiger charge is -2.18. The van der Waals surface area contributed by atoms with E-state index in [0.29, 0.717) is 5.76 Å². The highest BCUT2D eigenvalue weighted by Gasteiger charge is 2.34. The van der Waals surface area contributed by atoms with Crippen molar-refractivity contribution in [3.8, 4) is 0 Å². The highest BCUT2D eigenvalue weighted by molar-refractivity contribution is 5.59. The molecule has 102 valence electrons. The van der Waals surface area contributed by atoms with E-state index in [1.165, 1.54) is 18.4 Å². The van der Waals surface area contributed by atoms with Crippen LogP contribution in [0.1, 0.15) is 24.3 Å². The predicted molar refractivity (Wildman–Crippen MR) is 66.6 cm³/mol. The zero-order valence-electron chi connectivity index (χ0n) is 10.2. The fourth-order valence-corrected chi connectivity index (χ4v) is 1.76. The number of anilines is 2. The Labute approximate surface area is 108 Å². The van der Waals surface area contributed by atoms with Gasteiger partial charge in [0, 0.05) is 11.4 Å². The minimum Gasteiger partial charge on any atom is -0.467 e. The lowest BCUT2D eigenvalue weighted by atomic mass is 10.1. The number of furan rings is 1. The molecule has 1 aromatic carbocycles. The van der Waals surface area contributed by atoms with Gasteiger partial charge in [-0.15, -0.1) is 0 Å². The average molecular weight is 270 g/mol. The van der Waals surface area contributed by atoms with Gasteiger partial charge in [0.15, 0.2) is 0 Å². The zero-order valence-corrected chi connectivity index (χ0v) is 10.2. The first kappa shape index (κ1) is 13.3. The van der Waals surface area contributed by atoms with Crippen LogP contribution in [0.15, 0.2) is 41.0 Å². The van der Waals surface area contributed by atoms with E-state index in [-0.39, 0.29) is 17.4 Å². The van der Waals surface area contributed by atoms with E-state index < -0.39 is 11.7 Å². The van der Waals surface area contributed by atoms with Crippen LogP contribution in [0.3, 0.4) is 0 Å². The fraction of sp³-hybridized carbons (Fsp3) is 0.231. The van der Waals surface area contributed by atoms with Crippen LogP contribution >= 0.6 is 0 Å². The van der Waals surface area contributed by atoms with E-state index in [1.807, 2.05) is 0 Å². The van der Waals surface area contributed by atoms with Gasteiger partial charge in [-0.25, -0.2) is 0 Å². The Morgan fingerprint density at radius 2 is 2.00 bits per heavy atom. The van der Waals surface area contributed by atoms with Crippen molar-refractivity contribution in [2.24, 2.45) is 0 Å². The molecule has 3 nitrogen and oxygen atoms in total. The molecule has 1 unspecified atom stereocenters. The van der Waals surface area contributed by atoms with E-state index in [0.717, 1.165) is 6.07 Å². The van der Waals surface area contributed by atoms with Gasteiger partial charge in [0.25, 0.3) is 0 Å². The number of halogens is 3. The third-order valence-electron chi connectivity index (χ3n) is 2.69. The van der Waals surface area contributed by atoms with Gasteiger partial charge in [-0.3, -0.25) is 0 Å². The molecule has 0 saturated carbocycles. The first-order valence-corrected chi connectivity index (χ1v) is 5.64. The smallest absolute Gasteiger partial charge is 0.418 e. The van der Waals surface area contributed by atoms with Crippen molar-refractivity contribution in [1.29, 1.82) is 0 Å². The number of nitrogens with two attached hydrogens (primary N) is 1. The Balaban J connectivity index is 2.30. The minimum absolute atomic E-state index is 0.0226. The standard InChI is InChI=1S/C13H13F3N2O/c1-8(12-3-2-6-19-12)18-11-5-4-9(17)7-10(11)13(14,15)16/h2-8,18H,17H2,1H3. The lowest BCUT2D eigenvalue weighted by molar-refractivity contribution is -0.136. The highest BCUT2D eigenvalue weighted by atomic mass is 19.4. The van der Waals surface area contributed by atoms with Crippen molar-refractivity contribution < 1.29 is 17.6 Å². The molecule has 3 N–H and O–H groups in total. The highest BCUT2D eigenvalue weighted by Crippen LogP contribution is 2.37. The maximum absolute atomic E-state index is 12.9. The Kier molecular flexibility index (Phi) is 3.42. The lowest BCUT2D eigenvalue weighted by Crippen LogP contribution is -2.13. The van der Waals surface area contributed by atoms with Gasteiger partial charge in [-0.05, 0) is 37.3 Å². The molecule has 2 rings (SSSR count). The second-order valence-electron chi connectivity index (χ2n) is 4.18. The number of benzene rings is 1. The fourth-order valence-electron chi connectivity index (χ4n) is 1.76. The molecule has 0 fully saturated rings. The number of alkyl halides is 3. The van der Waals surface area contributed by atoms with Gasteiger partial charge in [-0.2, -0.15) is 13.2 Å². The number of hydrogen-bond donors (Lipinski definition) is 2. The Morgan fingerprint density at radius 3 is 2.58 bits per heavy atom. The predicted octanol–water partition coefficient (Wildman–Crippen LogP) is 4.05. The molecule has 0 aliphatic heterocycles. The molecule has 2 aromatic rings. The van der Waals surface area contributed by atoms with Gasteiger partial charge in [-0.1, -0.05) is 0 Å². The second-order valence-corrected chi connectivity index (χ2v) is 4.18. The van der Waals surface area contributed by atoms with E-state index in [2.05, 4.69) is 5.32 Å². The van der Waals surface area contributed by atoms with Gasteiger partial charge < -0.3 is 15.5 Å². The molecule has 1 heterocycles. The molecule has 0 spiro atoms. The maximum atomic E-state index is 12.9. The molecule has 0 saturated heterocycles. The molecule has 0 aliphatic carbocycles. The summed E-state index contributed by atoms with van der Waals surface area (Å²) in [6.45, 7) is 1.72.